The van der Waals surface area contributed by atoms with Crippen molar-refractivity contribution in [3.8, 4) is 11.1 Å². The predicted molar refractivity (Wildman–Crippen MR) is 123 cm³/mol. The maximum Gasteiger partial charge on any atom is 0.254 e. The Morgan fingerprint density at radius 3 is 2.30 bits per heavy atom. The highest BCUT2D eigenvalue weighted by atomic mass is 32.2. The maximum absolute atomic E-state index is 13.0. The highest BCUT2D eigenvalue weighted by Gasteiger charge is 2.51. The molecule has 2 amide bonds. The number of carbonyl (C=O) groups excluding carboxylic acids is 2. The van der Waals surface area contributed by atoms with E-state index in [1.54, 1.807) is 40.1 Å². The number of amides is 2. The van der Waals surface area contributed by atoms with Crippen LogP contribution in [0.5, 0.6) is 0 Å². The van der Waals surface area contributed by atoms with E-state index in [0.717, 1.165) is 24.0 Å². The Balaban J connectivity index is 1.27. The molecule has 1 saturated heterocycles. The van der Waals surface area contributed by atoms with Crippen LogP contribution in [0, 0.1) is 0 Å². The van der Waals surface area contributed by atoms with Gasteiger partial charge in [0.15, 0.2) is 9.84 Å². The number of hydrogen-bond donors (Lipinski definition) is 1. The second-order valence-electron chi connectivity index (χ2n) is 9.48. The van der Waals surface area contributed by atoms with Crippen LogP contribution in [0.25, 0.3) is 11.1 Å². The molecular weight excluding hydrogens is 440 g/mol. The number of hydrogen-bond acceptors (Lipinski definition) is 5. The van der Waals surface area contributed by atoms with Crippen LogP contribution < -0.4 is 0 Å². The molecule has 1 atom stereocenters. The minimum absolute atomic E-state index is 0.101. The molecule has 2 aliphatic carbocycles. The molecule has 2 saturated carbocycles. The van der Waals surface area contributed by atoms with Crippen molar-refractivity contribution in [3.63, 3.8) is 0 Å². The molecule has 0 aromatic heterocycles. The lowest BCUT2D eigenvalue weighted by Crippen LogP contribution is -2.57. The van der Waals surface area contributed by atoms with Crippen molar-refractivity contribution in [2.45, 2.75) is 54.4 Å². The predicted octanol–water partition coefficient (Wildman–Crippen LogP) is 2.49. The molecule has 5 rings (SSSR count). The third kappa shape index (κ3) is 4.17. The lowest BCUT2D eigenvalue weighted by Gasteiger charge is -2.40. The van der Waals surface area contributed by atoms with Crippen LogP contribution >= 0.6 is 0 Å². The lowest BCUT2D eigenvalue weighted by atomic mass is 10.0. The van der Waals surface area contributed by atoms with Gasteiger partial charge in [0.05, 0.1) is 10.1 Å². The fourth-order valence-corrected chi connectivity index (χ4v) is 6.16. The number of rotatable bonds is 5. The van der Waals surface area contributed by atoms with E-state index >= 15 is 0 Å². The van der Waals surface area contributed by atoms with E-state index in [4.69, 9.17) is 0 Å². The molecule has 2 aromatic rings. The normalized spacial score (nSPS) is 22.2. The SMILES string of the molecule is CC1CN(C(=O)c2ccc(-c3cccc(S(=O)(=O)C4CC4)c3)cc2)CCN1C(=O)C1(O)CC1. The minimum Gasteiger partial charge on any atom is -0.380 e. The van der Waals surface area contributed by atoms with E-state index in [-0.39, 0.29) is 23.1 Å². The first-order chi connectivity index (χ1) is 15.7. The van der Waals surface area contributed by atoms with Crippen LogP contribution in [-0.2, 0) is 14.6 Å². The van der Waals surface area contributed by atoms with E-state index in [0.29, 0.717) is 42.9 Å². The van der Waals surface area contributed by atoms with Crippen LogP contribution in [0.1, 0.15) is 43.0 Å². The molecule has 3 fully saturated rings. The molecule has 1 unspecified atom stereocenters. The second kappa shape index (κ2) is 7.95. The summed E-state index contributed by atoms with van der Waals surface area (Å²) in [5, 5.41) is 9.88. The van der Waals surface area contributed by atoms with Gasteiger partial charge < -0.3 is 14.9 Å². The minimum atomic E-state index is -3.26. The van der Waals surface area contributed by atoms with Gasteiger partial charge >= 0.3 is 0 Å². The second-order valence-corrected chi connectivity index (χ2v) is 11.7. The van der Waals surface area contributed by atoms with Crippen molar-refractivity contribution in [2.24, 2.45) is 0 Å². The lowest BCUT2D eigenvalue weighted by molar-refractivity contribution is -0.146. The maximum atomic E-state index is 13.0. The van der Waals surface area contributed by atoms with Crippen LogP contribution in [-0.4, -0.2) is 71.7 Å². The zero-order valence-corrected chi connectivity index (χ0v) is 19.4. The highest BCUT2D eigenvalue weighted by molar-refractivity contribution is 7.92. The summed E-state index contributed by atoms with van der Waals surface area (Å²) in [4.78, 5) is 29.3. The third-order valence-electron chi connectivity index (χ3n) is 6.89. The summed E-state index contributed by atoms with van der Waals surface area (Å²) in [6, 6.07) is 14.0. The molecule has 7 nitrogen and oxygen atoms in total. The van der Waals surface area contributed by atoms with Crippen molar-refractivity contribution in [2.75, 3.05) is 19.6 Å². The summed E-state index contributed by atoms with van der Waals surface area (Å²) < 4.78 is 25.1. The molecule has 2 aromatic carbocycles. The molecular formula is C25H28N2O5S. The average Bonchev–Trinajstić information content (AvgIpc) is 3.75. The van der Waals surface area contributed by atoms with Crippen molar-refractivity contribution < 1.29 is 23.1 Å². The summed E-state index contributed by atoms with van der Waals surface area (Å²) in [7, 11) is -3.26. The number of piperazine rings is 1. The van der Waals surface area contributed by atoms with Crippen LogP contribution in [0.3, 0.4) is 0 Å². The van der Waals surface area contributed by atoms with E-state index < -0.39 is 15.4 Å². The molecule has 3 aliphatic rings. The summed E-state index contributed by atoms with van der Waals surface area (Å²) in [5.74, 6) is -0.326. The Morgan fingerprint density at radius 2 is 1.70 bits per heavy atom. The molecule has 0 bridgehead atoms. The monoisotopic (exact) mass is 468 g/mol. The van der Waals surface area contributed by atoms with Crippen LogP contribution in [0.2, 0.25) is 0 Å². The molecule has 1 heterocycles. The van der Waals surface area contributed by atoms with Gasteiger partial charge in [-0.15, -0.1) is 0 Å². The van der Waals surface area contributed by atoms with Gasteiger partial charge in [-0.25, -0.2) is 8.42 Å². The summed E-state index contributed by atoms with van der Waals surface area (Å²) in [6.07, 6.45) is 2.48. The fraction of sp³-hybridized carbons (Fsp3) is 0.440. The Morgan fingerprint density at radius 1 is 1.00 bits per heavy atom. The third-order valence-corrected chi connectivity index (χ3v) is 9.15. The smallest absolute Gasteiger partial charge is 0.254 e. The Hall–Kier alpha value is -2.71. The Bertz CT molecular complexity index is 1200. The molecule has 0 spiro atoms. The molecule has 1 N–H and O–H groups in total. The summed E-state index contributed by atoms with van der Waals surface area (Å²) in [5.41, 5.74) is 1.01. The zero-order valence-electron chi connectivity index (χ0n) is 18.6. The molecule has 0 radical (unpaired) electrons. The van der Waals surface area contributed by atoms with Crippen molar-refractivity contribution in [1.82, 2.24) is 9.80 Å². The van der Waals surface area contributed by atoms with Crippen LogP contribution in [0.4, 0.5) is 0 Å². The Kier molecular flexibility index (Phi) is 5.33. The van der Waals surface area contributed by atoms with E-state index in [1.165, 1.54) is 0 Å². The summed E-state index contributed by atoms with van der Waals surface area (Å²) >= 11 is 0. The number of aliphatic hydroxyl groups is 1. The van der Waals surface area contributed by atoms with Gasteiger partial charge in [0.25, 0.3) is 11.8 Å². The van der Waals surface area contributed by atoms with Gasteiger partial charge in [-0.3, -0.25) is 9.59 Å². The van der Waals surface area contributed by atoms with E-state index in [1.807, 2.05) is 25.1 Å². The number of nitrogens with zero attached hydrogens (tertiary/aromatic N) is 2. The fourth-order valence-electron chi connectivity index (χ4n) is 4.45. The molecule has 33 heavy (non-hydrogen) atoms. The standard InChI is InChI=1S/C25H28N2O5S/c1-17-16-26(13-14-27(17)24(29)25(30)11-12-25)23(28)19-7-5-18(6-8-19)20-3-2-4-22(15-20)33(31,32)21-9-10-21/h2-8,15,17,21,30H,9-14,16H2,1H3. The summed E-state index contributed by atoms with van der Waals surface area (Å²) in [6.45, 7) is 3.15. The van der Waals surface area contributed by atoms with E-state index in [2.05, 4.69) is 0 Å². The first-order valence-electron chi connectivity index (χ1n) is 11.5. The quantitative estimate of drug-likeness (QED) is 0.728. The first-order valence-corrected chi connectivity index (χ1v) is 13.0. The van der Waals surface area contributed by atoms with Crippen LogP contribution in [0.15, 0.2) is 53.4 Å². The van der Waals surface area contributed by atoms with Crippen molar-refractivity contribution in [3.05, 3.63) is 54.1 Å². The van der Waals surface area contributed by atoms with Gasteiger partial charge in [0.2, 0.25) is 0 Å². The molecule has 8 heteroatoms. The van der Waals surface area contributed by atoms with Crippen molar-refractivity contribution >= 4 is 21.7 Å². The molecule has 174 valence electrons. The number of sulfone groups is 1. The Labute approximate surface area is 193 Å². The average molecular weight is 469 g/mol. The largest absolute Gasteiger partial charge is 0.380 e. The topological polar surface area (TPSA) is 95.0 Å². The zero-order chi connectivity index (χ0) is 23.4. The highest BCUT2D eigenvalue weighted by Crippen LogP contribution is 2.38. The number of carbonyl (C=O) groups is 2. The van der Waals surface area contributed by atoms with Gasteiger partial charge in [-0.1, -0.05) is 24.3 Å². The van der Waals surface area contributed by atoms with Crippen molar-refractivity contribution in [1.29, 1.82) is 0 Å². The van der Waals surface area contributed by atoms with Gasteiger partial charge in [-0.05, 0) is 68.0 Å². The van der Waals surface area contributed by atoms with E-state index in [9.17, 15) is 23.1 Å². The molecule has 1 aliphatic heterocycles. The van der Waals surface area contributed by atoms with Gasteiger partial charge in [0, 0.05) is 31.2 Å². The number of benzene rings is 2. The van der Waals surface area contributed by atoms with Gasteiger partial charge in [-0.2, -0.15) is 0 Å². The first kappa shape index (κ1) is 22.1. The van der Waals surface area contributed by atoms with Gasteiger partial charge in [0.1, 0.15) is 5.60 Å².